The number of nitrogens with one attached hydrogen (secondary N) is 2. The highest BCUT2D eigenvalue weighted by atomic mass is 35.5. The van der Waals surface area contributed by atoms with Crippen molar-refractivity contribution in [2.24, 2.45) is 0 Å². The van der Waals surface area contributed by atoms with E-state index in [4.69, 9.17) is 5.21 Å². The molecule has 0 spiro atoms. The normalized spacial score (nSPS) is 18.9. The smallest absolute Gasteiger partial charge is 0.267 e. The molecule has 4 rings (SSSR count). The van der Waals surface area contributed by atoms with Crippen molar-refractivity contribution in [2.75, 3.05) is 18.4 Å². The average Bonchev–Trinajstić information content (AvgIpc) is 3.17. The Morgan fingerprint density at radius 2 is 1.87 bits per heavy atom. The van der Waals surface area contributed by atoms with Crippen molar-refractivity contribution < 1.29 is 10.0 Å². The fraction of sp³-hybridized carbons (Fsp3) is 0.381. The minimum atomic E-state index is -0.597. The van der Waals surface area contributed by atoms with Crippen LogP contribution in [-0.2, 0) is 17.6 Å². The van der Waals surface area contributed by atoms with Crippen LogP contribution in [0.25, 0.3) is 6.08 Å². The van der Waals surface area contributed by atoms with Gasteiger partial charge in [0.2, 0.25) is 0 Å². The highest BCUT2D eigenvalue weighted by Crippen LogP contribution is 2.27. The average molecular weight is 452 g/mol. The van der Waals surface area contributed by atoms with Gasteiger partial charge in [-0.25, -0.2) is 10.5 Å². The summed E-state index contributed by atoms with van der Waals surface area (Å²) in [6.07, 6.45) is 10.6. The number of hydroxylamine groups is 1. The predicted molar refractivity (Wildman–Crippen MR) is 121 cm³/mol. The Hall–Kier alpha value is -2.19. The van der Waals surface area contributed by atoms with Gasteiger partial charge in [0.1, 0.15) is 5.82 Å². The number of rotatable bonds is 5. The van der Waals surface area contributed by atoms with E-state index in [1.54, 1.807) is 17.9 Å². The molecule has 9 heteroatoms. The molecule has 1 saturated heterocycles. The van der Waals surface area contributed by atoms with Gasteiger partial charge in [-0.05, 0) is 49.4 Å². The lowest BCUT2D eigenvalue weighted by Crippen LogP contribution is -2.47. The number of aromatic nitrogens is 2. The first-order valence-corrected chi connectivity index (χ1v) is 9.73. The number of anilines is 1. The van der Waals surface area contributed by atoms with Crippen LogP contribution in [0, 0.1) is 0 Å². The summed E-state index contributed by atoms with van der Waals surface area (Å²) in [6, 6.07) is 9.73. The number of hydrogen-bond donors (Lipinski definition) is 3. The Morgan fingerprint density at radius 1 is 1.13 bits per heavy atom. The highest BCUT2D eigenvalue weighted by molar-refractivity contribution is 5.90. The van der Waals surface area contributed by atoms with E-state index >= 15 is 0 Å². The molecule has 1 aromatic heterocycles. The van der Waals surface area contributed by atoms with Gasteiger partial charge in [-0.15, -0.1) is 24.8 Å². The molecule has 0 bridgehead atoms. The van der Waals surface area contributed by atoms with Crippen molar-refractivity contribution in [1.82, 2.24) is 20.3 Å². The maximum Gasteiger partial charge on any atom is 0.267 e. The number of fused-ring (bicyclic) bond motifs is 1. The summed E-state index contributed by atoms with van der Waals surface area (Å²) < 4.78 is 0. The molecular weight excluding hydrogens is 425 g/mol. The summed E-state index contributed by atoms with van der Waals surface area (Å²) in [6.45, 7) is 2.16. The van der Waals surface area contributed by atoms with Crippen molar-refractivity contribution >= 4 is 42.6 Å². The van der Waals surface area contributed by atoms with Crippen LogP contribution >= 0.6 is 24.8 Å². The molecular formula is C21H27Cl2N5O2. The number of halogens is 2. The molecule has 0 saturated carbocycles. The minimum absolute atomic E-state index is 0. The Labute approximate surface area is 188 Å². The molecule has 3 N–H and O–H groups in total. The minimum Gasteiger partial charge on any atom is -0.365 e. The number of carbonyl (C=O) groups excluding carboxylic acids is 1. The van der Waals surface area contributed by atoms with Crippen LogP contribution in [0.15, 0.2) is 42.7 Å². The van der Waals surface area contributed by atoms with E-state index in [1.165, 1.54) is 29.7 Å². The number of amides is 1. The molecule has 30 heavy (non-hydrogen) atoms. The predicted octanol–water partition coefficient (Wildman–Crippen LogP) is 2.88. The first kappa shape index (κ1) is 24.1. The monoisotopic (exact) mass is 451 g/mol. The molecule has 1 atom stereocenters. The quantitative estimate of drug-likeness (QED) is 0.367. The maximum atomic E-state index is 11.0. The third kappa shape index (κ3) is 5.92. The van der Waals surface area contributed by atoms with Gasteiger partial charge in [0.05, 0.1) is 18.1 Å². The van der Waals surface area contributed by atoms with Crippen LogP contribution < -0.4 is 10.8 Å². The molecule has 2 aliphatic rings. The van der Waals surface area contributed by atoms with Gasteiger partial charge < -0.3 is 5.32 Å². The van der Waals surface area contributed by atoms with Crippen molar-refractivity contribution in [1.29, 1.82) is 0 Å². The van der Waals surface area contributed by atoms with Crippen molar-refractivity contribution in [3.05, 3.63) is 59.6 Å². The van der Waals surface area contributed by atoms with Gasteiger partial charge in [-0.1, -0.05) is 24.3 Å². The van der Waals surface area contributed by atoms with Gasteiger partial charge in [0, 0.05) is 24.7 Å². The molecule has 7 nitrogen and oxygen atoms in total. The van der Waals surface area contributed by atoms with E-state index in [2.05, 4.69) is 44.5 Å². The molecule has 1 amide bonds. The number of piperidine rings is 1. The number of nitrogens with zero attached hydrogens (tertiary/aromatic N) is 3. The first-order chi connectivity index (χ1) is 13.7. The van der Waals surface area contributed by atoms with Crippen LogP contribution in [-0.4, -0.2) is 51.2 Å². The summed E-state index contributed by atoms with van der Waals surface area (Å²) >= 11 is 0. The summed E-state index contributed by atoms with van der Waals surface area (Å²) in [5.74, 6) is 0.144. The van der Waals surface area contributed by atoms with E-state index in [-0.39, 0.29) is 24.8 Å². The van der Waals surface area contributed by atoms with Crippen LogP contribution in [0.5, 0.6) is 0 Å². The van der Waals surface area contributed by atoms with E-state index in [9.17, 15) is 4.79 Å². The lowest BCUT2D eigenvalue weighted by molar-refractivity contribution is -0.124. The second-order valence-electron chi connectivity index (χ2n) is 7.45. The van der Waals surface area contributed by atoms with Gasteiger partial charge in [0.25, 0.3) is 5.91 Å². The molecule has 1 aliphatic carbocycles. The largest absolute Gasteiger partial charge is 0.365 e. The van der Waals surface area contributed by atoms with E-state index < -0.39 is 5.91 Å². The molecule has 2 aromatic rings. The van der Waals surface area contributed by atoms with E-state index in [0.717, 1.165) is 38.2 Å². The Morgan fingerprint density at radius 3 is 2.50 bits per heavy atom. The van der Waals surface area contributed by atoms with Crippen LogP contribution in [0.1, 0.15) is 29.7 Å². The first-order valence-electron chi connectivity index (χ1n) is 9.73. The van der Waals surface area contributed by atoms with Gasteiger partial charge in [0.15, 0.2) is 0 Å². The molecule has 0 radical (unpaired) electrons. The Bertz CT molecular complexity index is 838. The Balaban J connectivity index is 0.00000160. The van der Waals surface area contributed by atoms with Gasteiger partial charge >= 0.3 is 0 Å². The van der Waals surface area contributed by atoms with Crippen LogP contribution in [0.3, 0.4) is 0 Å². The van der Waals surface area contributed by atoms with E-state index in [0.29, 0.717) is 17.8 Å². The molecule has 162 valence electrons. The molecule has 1 aromatic carbocycles. The van der Waals surface area contributed by atoms with E-state index in [1.807, 2.05) is 0 Å². The molecule has 1 aliphatic heterocycles. The Kier molecular flexibility index (Phi) is 9.05. The zero-order valence-corrected chi connectivity index (χ0v) is 18.2. The third-order valence-electron chi connectivity index (χ3n) is 5.54. The zero-order valence-electron chi connectivity index (χ0n) is 16.5. The second-order valence-corrected chi connectivity index (χ2v) is 7.45. The lowest BCUT2D eigenvalue weighted by Gasteiger charge is -2.37. The molecule has 1 fully saturated rings. The third-order valence-corrected chi connectivity index (χ3v) is 5.54. The van der Waals surface area contributed by atoms with Gasteiger partial charge in [-0.2, -0.15) is 0 Å². The summed E-state index contributed by atoms with van der Waals surface area (Å²) in [7, 11) is 0. The SMILES string of the molecule is Cl.Cl.O=C(/C=C/c1cnc(N[C@@H]2CCCN(C3Cc4ccccc4C3)C2)cn1)NO. The maximum absolute atomic E-state index is 11.0. The van der Waals surface area contributed by atoms with Crippen molar-refractivity contribution in [2.45, 2.75) is 37.8 Å². The zero-order chi connectivity index (χ0) is 19.3. The number of likely N-dealkylation sites (tertiary alicyclic amines) is 1. The molecule has 2 heterocycles. The topological polar surface area (TPSA) is 90.4 Å². The number of hydrogen-bond acceptors (Lipinski definition) is 6. The lowest BCUT2D eigenvalue weighted by atomic mass is 10.0. The fourth-order valence-electron chi connectivity index (χ4n) is 4.16. The molecule has 0 unspecified atom stereocenters. The fourth-order valence-corrected chi connectivity index (χ4v) is 4.16. The highest BCUT2D eigenvalue weighted by Gasteiger charge is 2.30. The summed E-state index contributed by atoms with van der Waals surface area (Å²) in [4.78, 5) is 22.3. The number of benzene rings is 1. The van der Waals surface area contributed by atoms with Crippen LogP contribution in [0.2, 0.25) is 0 Å². The van der Waals surface area contributed by atoms with Gasteiger partial charge in [-0.3, -0.25) is 19.9 Å². The number of carbonyl (C=O) groups is 1. The van der Waals surface area contributed by atoms with Crippen molar-refractivity contribution in [3.63, 3.8) is 0 Å². The van der Waals surface area contributed by atoms with Crippen LogP contribution in [0.4, 0.5) is 5.82 Å². The second kappa shape index (κ2) is 11.3. The summed E-state index contributed by atoms with van der Waals surface area (Å²) in [5.41, 5.74) is 5.09. The standard InChI is InChI=1S/C21H25N5O2.2ClH/c27-21(25-28)8-7-17-12-23-20(13-22-17)24-18-6-3-9-26(14-18)19-10-15-4-1-2-5-16(15)11-19;;/h1-2,4-5,7-8,12-13,18-19,28H,3,6,9-11,14H2,(H,23,24)(H,25,27);2*1H/b8-7+;;/t18-;;/m1../s1. The van der Waals surface area contributed by atoms with Crippen molar-refractivity contribution in [3.8, 4) is 0 Å². The summed E-state index contributed by atoms with van der Waals surface area (Å²) in [5, 5.41) is 12.0.